The summed E-state index contributed by atoms with van der Waals surface area (Å²) in [5.74, 6) is 3.97. The summed E-state index contributed by atoms with van der Waals surface area (Å²) in [5, 5.41) is 10.1. The van der Waals surface area contributed by atoms with Crippen molar-refractivity contribution >= 4 is 5.78 Å². The predicted molar refractivity (Wildman–Crippen MR) is 91.9 cm³/mol. The number of Topliss-reactive ketones (excluding diaryl/α,β-unsaturated/α-hetero) is 1. The lowest BCUT2D eigenvalue weighted by atomic mass is 9.44. The number of fused-ring (bicyclic) bond motifs is 5. The van der Waals surface area contributed by atoms with E-state index in [4.69, 9.17) is 0 Å². The summed E-state index contributed by atoms with van der Waals surface area (Å²) < 4.78 is 0. The summed E-state index contributed by atoms with van der Waals surface area (Å²) in [4.78, 5) is 12.2. The Bertz CT molecular complexity index is 500. The van der Waals surface area contributed by atoms with Crippen molar-refractivity contribution in [2.24, 2.45) is 40.4 Å². The van der Waals surface area contributed by atoms with Crippen molar-refractivity contribution in [1.82, 2.24) is 0 Å². The van der Waals surface area contributed by atoms with Gasteiger partial charge in [-0.25, -0.2) is 0 Å². The van der Waals surface area contributed by atoms with E-state index < -0.39 is 0 Å². The minimum atomic E-state index is -0.0490. The predicted octanol–water partition coefficient (Wildman–Crippen LogP) is 4.60. The van der Waals surface area contributed by atoms with Crippen LogP contribution in [0.4, 0.5) is 0 Å². The van der Waals surface area contributed by atoms with Crippen LogP contribution in [0.2, 0.25) is 0 Å². The molecular formula is C21H34O2. The lowest BCUT2D eigenvalue weighted by Crippen LogP contribution is -2.54. The average Bonchev–Trinajstić information content (AvgIpc) is 2.85. The fraction of sp³-hybridized carbons (Fsp3) is 0.952. The van der Waals surface area contributed by atoms with Crippen molar-refractivity contribution in [3.05, 3.63) is 0 Å². The zero-order valence-electron chi connectivity index (χ0n) is 15.2. The Morgan fingerprint density at radius 3 is 2.35 bits per heavy atom. The number of hydrogen-bond donors (Lipinski definition) is 1. The SMILES string of the molecule is CC(=O)[C@H]1CCC2C3CC[C@H]4CC(O)CC[C@]4(C)C3CC[C@@]21C. The molecule has 0 radical (unpaired) electrons. The summed E-state index contributed by atoms with van der Waals surface area (Å²) in [6.45, 7) is 6.80. The van der Waals surface area contributed by atoms with Gasteiger partial charge in [0.05, 0.1) is 6.10 Å². The van der Waals surface area contributed by atoms with Crippen molar-refractivity contribution in [1.29, 1.82) is 0 Å². The molecule has 8 atom stereocenters. The lowest BCUT2D eigenvalue weighted by molar-refractivity contribution is -0.138. The highest BCUT2D eigenvalue weighted by molar-refractivity contribution is 5.79. The molecule has 4 aliphatic carbocycles. The first-order chi connectivity index (χ1) is 10.9. The summed E-state index contributed by atoms with van der Waals surface area (Å²) >= 11 is 0. The summed E-state index contributed by atoms with van der Waals surface area (Å²) in [7, 11) is 0. The van der Waals surface area contributed by atoms with Crippen molar-refractivity contribution in [3.63, 3.8) is 0 Å². The van der Waals surface area contributed by atoms with Gasteiger partial charge in [0, 0.05) is 5.92 Å². The van der Waals surface area contributed by atoms with Gasteiger partial charge in [-0.15, -0.1) is 0 Å². The normalized spacial score (nSPS) is 55.7. The molecule has 0 aromatic rings. The van der Waals surface area contributed by atoms with E-state index in [-0.39, 0.29) is 11.5 Å². The van der Waals surface area contributed by atoms with E-state index in [1.165, 1.54) is 38.5 Å². The van der Waals surface area contributed by atoms with Crippen molar-refractivity contribution in [2.75, 3.05) is 0 Å². The fourth-order valence-corrected chi connectivity index (χ4v) is 7.90. The maximum atomic E-state index is 12.2. The van der Waals surface area contributed by atoms with Crippen LogP contribution in [-0.4, -0.2) is 17.0 Å². The van der Waals surface area contributed by atoms with Gasteiger partial charge in [0.1, 0.15) is 5.78 Å². The van der Waals surface area contributed by atoms with Gasteiger partial charge in [-0.3, -0.25) is 4.79 Å². The van der Waals surface area contributed by atoms with Crippen LogP contribution in [0.25, 0.3) is 0 Å². The van der Waals surface area contributed by atoms with Crippen LogP contribution in [0.3, 0.4) is 0 Å². The molecule has 0 bridgehead atoms. The van der Waals surface area contributed by atoms with Gasteiger partial charge >= 0.3 is 0 Å². The molecule has 2 heteroatoms. The number of rotatable bonds is 1. The number of aliphatic hydroxyl groups is 1. The zero-order valence-corrected chi connectivity index (χ0v) is 15.2. The molecule has 130 valence electrons. The maximum absolute atomic E-state index is 12.2. The number of carbonyl (C=O) groups excluding carboxylic acids is 1. The van der Waals surface area contributed by atoms with Crippen LogP contribution >= 0.6 is 0 Å². The first-order valence-corrected chi connectivity index (χ1v) is 10.0. The van der Waals surface area contributed by atoms with Gasteiger partial charge in [0.25, 0.3) is 0 Å². The minimum Gasteiger partial charge on any atom is -0.393 e. The fourth-order valence-electron chi connectivity index (χ4n) is 7.90. The molecule has 23 heavy (non-hydrogen) atoms. The molecule has 4 aliphatic rings. The van der Waals surface area contributed by atoms with Crippen molar-refractivity contribution in [3.8, 4) is 0 Å². The molecule has 4 fully saturated rings. The summed E-state index contributed by atoms with van der Waals surface area (Å²) in [6, 6.07) is 0. The standard InChI is InChI=1S/C21H34O2/c1-13(22)17-6-7-18-16-5-4-14-12-15(23)8-10-20(14,2)19(16)9-11-21(17,18)3/h14-19,23H,4-12H2,1-3H3/t14-,15?,16?,17+,18?,19?,20-,21+/m0/s1. The molecule has 0 heterocycles. The Hall–Kier alpha value is -0.370. The van der Waals surface area contributed by atoms with Crippen molar-refractivity contribution in [2.45, 2.75) is 84.7 Å². The van der Waals surface area contributed by atoms with Gasteiger partial charge in [0.15, 0.2) is 0 Å². The summed E-state index contributed by atoms with van der Waals surface area (Å²) in [5.41, 5.74) is 0.738. The second-order valence-corrected chi connectivity index (χ2v) is 9.87. The van der Waals surface area contributed by atoms with Crippen LogP contribution in [-0.2, 0) is 4.79 Å². The molecule has 2 nitrogen and oxygen atoms in total. The van der Waals surface area contributed by atoms with Gasteiger partial charge in [-0.05, 0) is 99.2 Å². The highest BCUT2D eigenvalue weighted by atomic mass is 16.3. The Kier molecular flexibility index (Phi) is 3.72. The molecule has 4 rings (SSSR count). The lowest BCUT2D eigenvalue weighted by Gasteiger charge is -2.60. The van der Waals surface area contributed by atoms with Crippen molar-refractivity contribution < 1.29 is 9.90 Å². The molecule has 0 saturated heterocycles. The van der Waals surface area contributed by atoms with Gasteiger partial charge in [-0.2, -0.15) is 0 Å². The first kappa shape index (κ1) is 16.1. The Balaban J connectivity index is 1.61. The zero-order chi connectivity index (χ0) is 16.4. The number of ketones is 1. The second-order valence-electron chi connectivity index (χ2n) is 9.87. The number of hydrogen-bond acceptors (Lipinski definition) is 2. The third kappa shape index (κ3) is 2.19. The van der Waals surface area contributed by atoms with Crippen LogP contribution in [0.1, 0.15) is 78.6 Å². The van der Waals surface area contributed by atoms with E-state index in [9.17, 15) is 9.90 Å². The van der Waals surface area contributed by atoms with E-state index >= 15 is 0 Å². The molecule has 0 spiro atoms. The molecule has 4 saturated carbocycles. The Labute approximate surface area is 141 Å². The third-order valence-corrected chi connectivity index (χ3v) is 9.13. The summed E-state index contributed by atoms with van der Waals surface area (Å²) in [6.07, 6.45) is 10.9. The number of aliphatic hydroxyl groups excluding tert-OH is 1. The molecule has 4 unspecified atom stereocenters. The highest BCUT2D eigenvalue weighted by Crippen LogP contribution is 2.67. The highest BCUT2D eigenvalue weighted by Gasteiger charge is 2.60. The molecule has 0 amide bonds. The van der Waals surface area contributed by atoms with E-state index in [1.54, 1.807) is 0 Å². The quantitative estimate of drug-likeness (QED) is 0.767. The van der Waals surface area contributed by atoms with E-state index in [2.05, 4.69) is 13.8 Å². The maximum Gasteiger partial charge on any atom is 0.133 e. The largest absolute Gasteiger partial charge is 0.393 e. The third-order valence-electron chi connectivity index (χ3n) is 9.13. The molecular weight excluding hydrogens is 284 g/mol. The van der Waals surface area contributed by atoms with Crippen LogP contribution in [0, 0.1) is 40.4 Å². The minimum absolute atomic E-state index is 0.0490. The Morgan fingerprint density at radius 1 is 0.913 bits per heavy atom. The smallest absolute Gasteiger partial charge is 0.133 e. The van der Waals surface area contributed by atoms with Gasteiger partial charge in [0.2, 0.25) is 0 Å². The van der Waals surface area contributed by atoms with Gasteiger partial charge < -0.3 is 5.11 Å². The number of carbonyl (C=O) groups is 1. The topological polar surface area (TPSA) is 37.3 Å². The second kappa shape index (κ2) is 5.31. The molecule has 1 N–H and O–H groups in total. The van der Waals surface area contributed by atoms with E-state index in [1.807, 2.05) is 6.92 Å². The molecule has 0 aromatic carbocycles. The van der Waals surface area contributed by atoms with E-state index in [0.29, 0.717) is 17.1 Å². The monoisotopic (exact) mass is 318 g/mol. The van der Waals surface area contributed by atoms with Gasteiger partial charge in [-0.1, -0.05) is 13.8 Å². The first-order valence-electron chi connectivity index (χ1n) is 10.0. The molecule has 0 aromatic heterocycles. The Morgan fingerprint density at radius 2 is 1.61 bits per heavy atom. The van der Waals surface area contributed by atoms with Crippen LogP contribution in [0.15, 0.2) is 0 Å². The van der Waals surface area contributed by atoms with Crippen LogP contribution < -0.4 is 0 Å². The average molecular weight is 319 g/mol. The molecule has 0 aliphatic heterocycles. The van der Waals surface area contributed by atoms with Crippen LogP contribution in [0.5, 0.6) is 0 Å². The van der Waals surface area contributed by atoms with E-state index in [0.717, 1.165) is 42.9 Å².